The average molecular weight is 522 g/mol. The highest BCUT2D eigenvalue weighted by molar-refractivity contribution is 7.91. The molecule has 1 aromatic carbocycles. The summed E-state index contributed by atoms with van der Waals surface area (Å²) in [6, 6.07) is 8.47. The minimum absolute atomic E-state index is 0.0690. The zero-order chi connectivity index (χ0) is 26.0. The summed E-state index contributed by atoms with van der Waals surface area (Å²) in [5.41, 5.74) is 2.27. The minimum atomic E-state index is -3.01. The lowest BCUT2D eigenvalue weighted by Crippen LogP contribution is -2.44. The van der Waals surface area contributed by atoms with Crippen molar-refractivity contribution in [3.63, 3.8) is 0 Å². The zero-order valence-electron chi connectivity index (χ0n) is 23.0. The number of sulfone groups is 1. The number of hydrogen-bond acceptors (Lipinski definition) is 5. The maximum Gasteiger partial charge on any atom is 0.192 e. The largest absolute Gasteiger partial charge is 0.412 e. The van der Waals surface area contributed by atoms with Crippen molar-refractivity contribution in [2.24, 2.45) is 11.8 Å². The molecule has 2 fully saturated rings. The second kappa shape index (κ2) is 11.1. The lowest BCUT2D eigenvalue weighted by atomic mass is 9.79. The number of hydrogen-bond donors (Lipinski definition) is 0. The molecule has 0 N–H and O–H groups in total. The fourth-order valence-electron chi connectivity index (χ4n) is 4.99. The van der Waals surface area contributed by atoms with E-state index in [1.165, 1.54) is 5.69 Å². The van der Waals surface area contributed by atoms with Gasteiger partial charge in [0, 0.05) is 31.1 Å². The number of anilines is 1. The molecular weight excluding hydrogens is 474 g/mol. The predicted molar refractivity (Wildman–Crippen MR) is 148 cm³/mol. The van der Waals surface area contributed by atoms with Crippen LogP contribution in [0.15, 0.2) is 24.3 Å². The number of carbonyl (C=O) groups is 1. The monoisotopic (exact) mass is 521 g/mol. The summed E-state index contributed by atoms with van der Waals surface area (Å²) in [5, 5.41) is -0.0967. The van der Waals surface area contributed by atoms with E-state index in [-0.39, 0.29) is 27.9 Å². The molecule has 1 aliphatic carbocycles. The highest BCUT2D eigenvalue weighted by Gasteiger charge is 2.40. The second-order valence-electron chi connectivity index (χ2n) is 12.6. The SMILES string of the molecule is CC(C)S(=O)(=O)CC1CCC(C(=O)Cc2ccc(N3CCC(O[Si](C)(C)C(C)(C)C)C3)cc2)CC1. The third kappa shape index (κ3) is 7.42. The summed E-state index contributed by atoms with van der Waals surface area (Å²) < 4.78 is 31.1. The molecule has 0 aromatic heterocycles. The lowest BCUT2D eigenvalue weighted by Gasteiger charge is -2.38. The Morgan fingerprint density at radius 2 is 1.66 bits per heavy atom. The summed E-state index contributed by atoms with van der Waals surface area (Å²) in [6.07, 6.45) is 5.15. The van der Waals surface area contributed by atoms with Gasteiger partial charge in [-0.3, -0.25) is 4.79 Å². The van der Waals surface area contributed by atoms with Gasteiger partial charge in [0.05, 0.1) is 17.1 Å². The Kier molecular flexibility index (Phi) is 8.97. The molecular formula is C28H47NO4SSi. The molecule has 7 heteroatoms. The number of benzene rings is 1. The molecule has 1 saturated heterocycles. The number of ketones is 1. The van der Waals surface area contributed by atoms with Crippen LogP contribution in [0, 0.1) is 11.8 Å². The Morgan fingerprint density at radius 1 is 1.06 bits per heavy atom. The highest BCUT2D eigenvalue weighted by Crippen LogP contribution is 2.38. The first-order valence-electron chi connectivity index (χ1n) is 13.4. The molecule has 198 valence electrons. The Bertz CT molecular complexity index is 958. The van der Waals surface area contributed by atoms with Gasteiger partial charge >= 0.3 is 0 Å². The molecule has 1 aromatic rings. The van der Waals surface area contributed by atoms with E-state index in [4.69, 9.17) is 4.43 Å². The molecule has 1 saturated carbocycles. The first kappa shape index (κ1) is 28.4. The average Bonchev–Trinajstić information content (AvgIpc) is 3.21. The quantitative estimate of drug-likeness (QED) is 0.371. The van der Waals surface area contributed by atoms with Gasteiger partial charge in [0.15, 0.2) is 18.2 Å². The first-order valence-corrected chi connectivity index (χ1v) is 18.1. The van der Waals surface area contributed by atoms with Crippen LogP contribution in [0.3, 0.4) is 0 Å². The summed E-state index contributed by atoms with van der Waals surface area (Å²) in [4.78, 5) is 15.3. The molecule has 1 heterocycles. The van der Waals surface area contributed by atoms with Crippen LogP contribution in [0.25, 0.3) is 0 Å². The topological polar surface area (TPSA) is 63.7 Å². The Hall–Kier alpha value is -1.18. The molecule has 0 bridgehead atoms. The molecule has 35 heavy (non-hydrogen) atoms. The number of carbonyl (C=O) groups excluding carboxylic acids is 1. The Morgan fingerprint density at radius 3 is 2.20 bits per heavy atom. The third-order valence-corrected chi connectivity index (χ3v) is 15.5. The second-order valence-corrected chi connectivity index (χ2v) is 20.0. The van der Waals surface area contributed by atoms with Crippen LogP contribution >= 0.6 is 0 Å². The summed E-state index contributed by atoms with van der Waals surface area (Å²) in [7, 11) is -4.77. The maximum absolute atomic E-state index is 12.9. The van der Waals surface area contributed by atoms with Crippen molar-refractivity contribution >= 4 is 29.6 Å². The molecule has 0 spiro atoms. The van der Waals surface area contributed by atoms with E-state index in [2.05, 4.69) is 63.0 Å². The van der Waals surface area contributed by atoms with Gasteiger partial charge < -0.3 is 9.33 Å². The van der Waals surface area contributed by atoms with Crippen LogP contribution in [0.5, 0.6) is 0 Å². The zero-order valence-corrected chi connectivity index (χ0v) is 24.8. The van der Waals surface area contributed by atoms with Crippen LogP contribution in [0.1, 0.15) is 72.3 Å². The van der Waals surface area contributed by atoms with E-state index in [9.17, 15) is 13.2 Å². The van der Waals surface area contributed by atoms with Crippen LogP contribution in [0.2, 0.25) is 18.1 Å². The predicted octanol–water partition coefficient (Wildman–Crippen LogP) is 6.03. The van der Waals surface area contributed by atoms with Crippen LogP contribution in [-0.2, 0) is 25.5 Å². The molecule has 1 atom stereocenters. The van der Waals surface area contributed by atoms with Gasteiger partial charge in [-0.05, 0) is 87.7 Å². The van der Waals surface area contributed by atoms with Crippen molar-refractivity contribution in [2.75, 3.05) is 23.7 Å². The van der Waals surface area contributed by atoms with E-state index >= 15 is 0 Å². The van der Waals surface area contributed by atoms with Crippen molar-refractivity contribution < 1.29 is 17.6 Å². The van der Waals surface area contributed by atoms with Gasteiger partial charge in [-0.25, -0.2) is 8.42 Å². The van der Waals surface area contributed by atoms with Crippen LogP contribution < -0.4 is 4.90 Å². The van der Waals surface area contributed by atoms with Gasteiger partial charge in [0.25, 0.3) is 0 Å². The van der Waals surface area contributed by atoms with E-state index in [0.29, 0.717) is 18.3 Å². The van der Waals surface area contributed by atoms with Crippen LogP contribution in [0.4, 0.5) is 5.69 Å². The molecule has 0 radical (unpaired) electrons. The number of nitrogens with zero attached hydrogens (tertiary/aromatic N) is 1. The van der Waals surface area contributed by atoms with Crippen LogP contribution in [-0.4, -0.2) is 52.7 Å². The van der Waals surface area contributed by atoms with Gasteiger partial charge in [0.1, 0.15) is 5.78 Å². The van der Waals surface area contributed by atoms with E-state index in [1.54, 1.807) is 13.8 Å². The van der Waals surface area contributed by atoms with E-state index < -0.39 is 18.2 Å². The first-order chi connectivity index (χ1) is 16.2. The number of rotatable bonds is 9. The van der Waals surface area contributed by atoms with Gasteiger partial charge in [-0.15, -0.1) is 0 Å². The fourth-order valence-corrected chi connectivity index (χ4v) is 7.75. The molecule has 3 rings (SSSR count). The van der Waals surface area contributed by atoms with Crippen molar-refractivity contribution in [2.45, 2.75) is 103 Å². The van der Waals surface area contributed by atoms with Gasteiger partial charge in [-0.1, -0.05) is 32.9 Å². The van der Waals surface area contributed by atoms with Crippen molar-refractivity contribution in [3.8, 4) is 0 Å². The Balaban J connectivity index is 1.47. The van der Waals surface area contributed by atoms with Crippen molar-refractivity contribution in [3.05, 3.63) is 29.8 Å². The fraction of sp³-hybridized carbons (Fsp3) is 0.750. The maximum atomic E-state index is 12.9. The molecule has 0 amide bonds. The summed E-state index contributed by atoms with van der Waals surface area (Å²) >= 11 is 0. The molecule has 5 nitrogen and oxygen atoms in total. The summed E-state index contributed by atoms with van der Waals surface area (Å²) in [6.45, 7) is 16.9. The van der Waals surface area contributed by atoms with E-state index in [0.717, 1.165) is 50.8 Å². The highest BCUT2D eigenvalue weighted by atomic mass is 32.2. The Labute approximate surface area is 215 Å². The van der Waals surface area contributed by atoms with Crippen molar-refractivity contribution in [1.82, 2.24) is 0 Å². The third-order valence-electron chi connectivity index (χ3n) is 8.58. The standard InChI is InChI=1S/C28H47NO4SSi/c1-21(2)34(31,32)20-23-8-12-24(13-9-23)27(30)18-22-10-14-25(15-11-22)29-17-16-26(19-29)33-35(6,7)28(3,4)5/h10-11,14-15,21,23-24,26H,8-9,12-13,16-20H2,1-7H3. The smallest absolute Gasteiger partial charge is 0.192 e. The lowest BCUT2D eigenvalue weighted by molar-refractivity contribution is -0.123. The summed E-state index contributed by atoms with van der Waals surface area (Å²) in [5.74, 6) is 0.841. The minimum Gasteiger partial charge on any atom is -0.412 e. The van der Waals surface area contributed by atoms with Gasteiger partial charge in [-0.2, -0.15) is 0 Å². The molecule has 1 aliphatic heterocycles. The molecule has 2 aliphatic rings. The van der Waals surface area contributed by atoms with Crippen molar-refractivity contribution in [1.29, 1.82) is 0 Å². The number of Topliss-reactive ketones (excluding diaryl/α,β-unsaturated/α-hetero) is 1. The van der Waals surface area contributed by atoms with Gasteiger partial charge in [0.2, 0.25) is 0 Å². The van der Waals surface area contributed by atoms with E-state index in [1.807, 2.05) is 0 Å². The molecule has 1 unspecified atom stereocenters. The normalized spacial score (nSPS) is 24.2.